The molecular weight excluding hydrogens is 364 g/mol. The molecule has 4 rings (SSSR count). The first-order valence-electron chi connectivity index (χ1n) is 10.5. The van der Waals surface area contributed by atoms with Gasteiger partial charge in [-0.05, 0) is 30.5 Å². The minimum atomic E-state index is -0.244. The Morgan fingerprint density at radius 2 is 1.59 bits per heavy atom. The lowest BCUT2D eigenvalue weighted by atomic mass is 10.0. The summed E-state index contributed by atoms with van der Waals surface area (Å²) in [6.45, 7) is 4.37. The number of methoxy groups -OCH3 is 1. The molecule has 1 heterocycles. The lowest BCUT2D eigenvalue weighted by molar-refractivity contribution is -0.141. The molecule has 0 N–H and O–H groups in total. The van der Waals surface area contributed by atoms with Crippen LogP contribution in [0, 0.1) is 5.41 Å². The second kappa shape index (κ2) is 8.97. The molecule has 1 saturated carbocycles. The first-order valence-corrected chi connectivity index (χ1v) is 10.5. The van der Waals surface area contributed by atoms with Gasteiger partial charge in [0.25, 0.3) is 0 Å². The van der Waals surface area contributed by atoms with Crippen molar-refractivity contribution in [2.24, 2.45) is 5.41 Å². The Hall–Kier alpha value is -2.37. The molecule has 0 bridgehead atoms. The first-order chi connectivity index (χ1) is 14.2. The summed E-state index contributed by atoms with van der Waals surface area (Å²) < 4.78 is 11.4. The van der Waals surface area contributed by atoms with E-state index in [0.717, 1.165) is 44.8 Å². The number of para-hydroxylation sites is 1. The number of carbonyl (C=O) groups is 1. The maximum atomic E-state index is 12.9. The van der Waals surface area contributed by atoms with Crippen molar-refractivity contribution in [1.82, 2.24) is 9.80 Å². The number of amides is 1. The van der Waals surface area contributed by atoms with E-state index in [2.05, 4.69) is 29.2 Å². The highest BCUT2D eigenvalue weighted by Gasteiger charge is 2.52. The van der Waals surface area contributed by atoms with E-state index in [0.29, 0.717) is 13.2 Å². The molecule has 5 nitrogen and oxygen atoms in total. The summed E-state index contributed by atoms with van der Waals surface area (Å²) in [7, 11) is 1.68. The summed E-state index contributed by atoms with van der Waals surface area (Å²) in [5.74, 6) is 1.16. The molecule has 1 amide bonds. The summed E-state index contributed by atoms with van der Waals surface area (Å²) in [6, 6.07) is 20.6. The molecular formula is C24H30N2O3. The number of hydrogen-bond donors (Lipinski definition) is 0. The molecule has 1 aliphatic carbocycles. The van der Waals surface area contributed by atoms with Gasteiger partial charge in [0.05, 0.1) is 18.1 Å². The molecule has 154 valence electrons. The molecule has 2 fully saturated rings. The van der Waals surface area contributed by atoms with E-state index in [1.54, 1.807) is 7.11 Å². The van der Waals surface area contributed by atoms with Crippen LogP contribution in [0.3, 0.4) is 0 Å². The van der Waals surface area contributed by atoms with E-state index in [1.807, 2.05) is 41.3 Å². The Morgan fingerprint density at radius 1 is 0.966 bits per heavy atom. The highest BCUT2D eigenvalue weighted by molar-refractivity contribution is 5.85. The minimum Gasteiger partial charge on any atom is -0.492 e. The van der Waals surface area contributed by atoms with Gasteiger partial charge in [-0.2, -0.15) is 0 Å². The molecule has 0 spiro atoms. The van der Waals surface area contributed by atoms with Gasteiger partial charge in [0.2, 0.25) is 5.91 Å². The summed E-state index contributed by atoms with van der Waals surface area (Å²) in [5.41, 5.74) is 1.01. The topological polar surface area (TPSA) is 42.0 Å². The van der Waals surface area contributed by atoms with Gasteiger partial charge in [-0.3, -0.25) is 9.69 Å². The quantitative estimate of drug-likeness (QED) is 0.688. The summed E-state index contributed by atoms with van der Waals surface area (Å²) in [6.07, 6.45) is 1.91. The fraction of sp³-hybridized carbons (Fsp3) is 0.458. The molecule has 1 atom stereocenters. The lowest BCUT2D eigenvalue weighted by Gasteiger charge is -2.40. The summed E-state index contributed by atoms with van der Waals surface area (Å²) in [5, 5.41) is 0. The van der Waals surface area contributed by atoms with Crippen LogP contribution >= 0.6 is 0 Å². The Morgan fingerprint density at radius 3 is 2.17 bits per heavy atom. The van der Waals surface area contributed by atoms with Gasteiger partial charge >= 0.3 is 0 Å². The number of piperazine rings is 1. The van der Waals surface area contributed by atoms with Crippen molar-refractivity contribution < 1.29 is 14.3 Å². The van der Waals surface area contributed by atoms with Crippen molar-refractivity contribution in [2.75, 3.05) is 46.5 Å². The molecule has 2 aromatic rings. The second-order valence-electron chi connectivity index (χ2n) is 8.09. The minimum absolute atomic E-state index is 0.169. The Kier molecular flexibility index (Phi) is 6.16. The zero-order valence-corrected chi connectivity index (χ0v) is 17.1. The second-order valence-corrected chi connectivity index (χ2v) is 8.09. The van der Waals surface area contributed by atoms with Crippen LogP contribution < -0.4 is 4.74 Å². The van der Waals surface area contributed by atoms with Gasteiger partial charge in [0, 0.05) is 33.3 Å². The van der Waals surface area contributed by atoms with Crippen molar-refractivity contribution in [1.29, 1.82) is 0 Å². The number of hydrogen-bond acceptors (Lipinski definition) is 4. The molecule has 2 aromatic carbocycles. The average Bonchev–Trinajstić information content (AvgIpc) is 3.56. The van der Waals surface area contributed by atoms with Crippen LogP contribution in [0.5, 0.6) is 5.75 Å². The van der Waals surface area contributed by atoms with Gasteiger partial charge in [-0.25, -0.2) is 0 Å². The van der Waals surface area contributed by atoms with Crippen LogP contribution in [0.15, 0.2) is 60.7 Å². The highest BCUT2D eigenvalue weighted by atomic mass is 16.5. The van der Waals surface area contributed by atoms with Crippen LogP contribution in [0.4, 0.5) is 0 Å². The van der Waals surface area contributed by atoms with Crippen LogP contribution in [-0.2, 0) is 9.53 Å². The molecule has 1 saturated heterocycles. The maximum Gasteiger partial charge on any atom is 0.231 e. The smallest absolute Gasteiger partial charge is 0.231 e. The highest BCUT2D eigenvalue weighted by Crippen LogP contribution is 2.47. The number of nitrogens with zero attached hydrogens (tertiary/aromatic N) is 2. The van der Waals surface area contributed by atoms with Gasteiger partial charge in [0.15, 0.2) is 0 Å². The average molecular weight is 395 g/mol. The van der Waals surface area contributed by atoms with Crippen molar-refractivity contribution >= 4 is 5.91 Å². The lowest BCUT2D eigenvalue weighted by Crippen LogP contribution is -2.52. The van der Waals surface area contributed by atoms with Crippen LogP contribution in [-0.4, -0.2) is 62.2 Å². The van der Waals surface area contributed by atoms with E-state index in [1.165, 1.54) is 5.56 Å². The van der Waals surface area contributed by atoms with Gasteiger partial charge in [-0.1, -0.05) is 48.5 Å². The van der Waals surface area contributed by atoms with Crippen LogP contribution in [0.2, 0.25) is 0 Å². The summed E-state index contributed by atoms with van der Waals surface area (Å²) in [4.78, 5) is 17.4. The number of carbonyl (C=O) groups excluding carboxylic acids is 1. The van der Waals surface area contributed by atoms with E-state index < -0.39 is 0 Å². The standard InChI is InChI=1S/C24H30N2O3/c1-28-19-24(12-13-24)23(27)26-16-14-25(15-17-26)22(20-8-4-2-5-9-20)18-29-21-10-6-3-7-11-21/h2-11,22H,12-19H2,1H3. The predicted octanol–water partition coefficient (Wildman–Crippen LogP) is 3.38. The maximum absolute atomic E-state index is 12.9. The molecule has 0 radical (unpaired) electrons. The van der Waals surface area contributed by atoms with E-state index >= 15 is 0 Å². The third-order valence-electron chi connectivity index (χ3n) is 6.11. The number of rotatable bonds is 8. The van der Waals surface area contributed by atoms with Crippen molar-refractivity contribution in [2.45, 2.75) is 18.9 Å². The van der Waals surface area contributed by atoms with Crippen molar-refractivity contribution in [3.8, 4) is 5.75 Å². The first kappa shape index (κ1) is 19.9. The molecule has 2 aliphatic rings. The monoisotopic (exact) mass is 394 g/mol. The van der Waals surface area contributed by atoms with Crippen LogP contribution in [0.1, 0.15) is 24.4 Å². The normalized spacial score (nSPS) is 19.6. The molecule has 29 heavy (non-hydrogen) atoms. The fourth-order valence-electron chi connectivity index (χ4n) is 4.20. The Labute approximate surface area is 173 Å². The van der Waals surface area contributed by atoms with Gasteiger partial charge < -0.3 is 14.4 Å². The zero-order chi connectivity index (χ0) is 20.1. The molecule has 1 aliphatic heterocycles. The van der Waals surface area contributed by atoms with Gasteiger partial charge in [-0.15, -0.1) is 0 Å². The largest absolute Gasteiger partial charge is 0.492 e. The SMILES string of the molecule is COCC1(C(=O)N2CCN(C(COc3ccccc3)c3ccccc3)CC2)CC1. The number of benzene rings is 2. The molecule has 5 heteroatoms. The third kappa shape index (κ3) is 4.62. The van der Waals surface area contributed by atoms with Crippen molar-refractivity contribution in [3.05, 3.63) is 66.2 Å². The predicted molar refractivity (Wildman–Crippen MR) is 113 cm³/mol. The number of ether oxygens (including phenoxy) is 2. The Bertz CT molecular complexity index is 784. The van der Waals surface area contributed by atoms with E-state index in [-0.39, 0.29) is 17.4 Å². The van der Waals surface area contributed by atoms with Crippen LogP contribution in [0.25, 0.3) is 0 Å². The van der Waals surface area contributed by atoms with Crippen molar-refractivity contribution in [3.63, 3.8) is 0 Å². The third-order valence-corrected chi connectivity index (χ3v) is 6.11. The van der Waals surface area contributed by atoms with E-state index in [9.17, 15) is 4.79 Å². The molecule has 1 unspecified atom stereocenters. The Balaban J connectivity index is 1.40. The summed E-state index contributed by atoms with van der Waals surface area (Å²) >= 11 is 0. The van der Waals surface area contributed by atoms with Gasteiger partial charge in [0.1, 0.15) is 12.4 Å². The zero-order valence-electron chi connectivity index (χ0n) is 17.1. The van der Waals surface area contributed by atoms with E-state index in [4.69, 9.17) is 9.47 Å². The molecule has 0 aromatic heterocycles. The fourth-order valence-corrected chi connectivity index (χ4v) is 4.20.